The molecule has 0 unspecified atom stereocenters. The molecule has 35 heavy (non-hydrogen) atoms. The van der Waals surface area contributed by atoms with Crippen LogP contribution in [0.2, 0.25) is 5.02 Å². The number of anilines is 1. The second-order valence-electron chi connectivity index (χ2n) is 8.81. The second kappa shape index (κ2) is 10.3. The number of rotatable bonds is 7. The van der Waals surface area contributed by atoms with Gasteiger partial charge in [0.1, 0.15) is 0 Å². The highest BCUT2D eigenvalue weighted by molar-refractivity contribution is 8.00. The lowest BCUT2D eigenvalue weighted by molar-refractivity contribution is -0.150. The number of benzene rings is 3. The molecule has 1 heterocycles. The van der Waals surface area contributed by atoms with E-state index in [0.717, 1.165) is 43.4 Å². The number of aryl methyl sites for hydroxylation is 3. The van der Waals surface area contributed by atoms with Gasteiger partial charge in [0.15, 0.2) is 5.54 Å². The maximum atomic E-state index is 12.9. The lowest BCUT2D eigenvalue weighted by Crippen LogP contribution is -2.73. The number of ether oxygens (including phenoxy) is 1. The molecule has 182 valence electrons. The summed E-state index contributed by atoms with van der Waals surface area (Å²) in [6.45, 7) is 6.65. The Bertz CT molecular complexity index is 1290. The van der Waals surface area contributed by atoms with Gasteiger partial charge >= 0.3 is 5.97 Å². The van der Waals surface area contributed by atoms with Crippen molar-refractivity contribution in [3.63, 3.8) is 0 Å². The number of methoxy groups -OCH3 is 1. The predicted octanol–water partition coefficient (Wildman–Crippen LogP) is 5.30. The Morgan fingerprint density at radius 1 is 0.971 bits per heavy atom. The van der Waals surface area contributed by atoms with Gasteiger partial charge in [-0.3, -0.25) is 4.79 Å². The van der Waals surface area contributed by atoms with E-state index in [-0.39, 0.29) is 5.91 Å². The van der Waals surface area contributed by atoms with Gasteiger partial charge < -0.3 is 20.1 Å². The highest BCUT2D eigenvalue weighted by atomic mass is 35.5. The lowest BCUT2D eigenvalue weighted by Gasteiger charge is -2.40. The van der Waals surface area contributed by atoms with E-state index in [0.29, 0.717) is 18.7 Å². The van der Waals surface area contributed by atoms with E-state index in [1.54, 1.807) is 18.0 Å². The first kappa shape index (κ1) is 25.1. The minimum absolute atomic E-state index is 0.290. The smallest absolute Gasteiger partial charge is 0.334 e. The third-order valence-corrected chi connectivity index (χ3v) is 7.59. The average molecular weight is 510 g/mol. The molecule has 0 radical (unpaired) electrons. The van der Waals surface area contributed by atoms with Crippen LogP contribution in [0.4, 0.5) is 5.69 Å². The SMILES string of the molecule is COC(=O)C1(NC(=O)c2ccc(-c3cccc(NSc4cc(C)c(Cl)cc4C)c3)cc2C)CNC1. The summed E-state index contributed by atoms with van der Waals surface area (Å²) in [5.41, 5.74) is 5.51. The number of amides is 1. The molecular formula is C27H28ClN3O3S. The van der Waals surface area contributed by atoms with E-state index in [1.807, 2.05) is 57.2 Å². The number of hydrogen-bond acceptors (Lipinski definition) is 6. The number of hydrogen-bond donors (Lipinski definition) is 3. The second-order valence-corrected chi connectivity index (χ2v) is 10.1. The molecule has 1 saturated heterocycles. The van der Waals surface area contributed by atoms with Gasteiger partial charge in [-0.1, -0.05) is 35.9 Å². The van der Waals surface area contributed by atoms with E-state index < -0.39 is 11.5 Å². The molecule has 8 heteroatoms. The molecule has 1 fully saturated rings. The molecule has 4 rings (SSSR count). The Morgan fingerprint density at radius 3 is 2.37 bits per heavy atom. The minimum atomic E-state index is -1.00. The number of nitrogens with one attached hydrogen (secondary N) is 3. The normalized spacial score (nSPS) is 14.1. The molecular weight excluding hydrogens is 482 g/mol. The van der Waals surface area contributed by atoms with Crippen LogP contribution in [-0.2, 0) is 9.53 Å². The maximum Gasteiger partial charge on any atom is 0.334 e. The van der Waals surface area contributed by atoms with Crippen molar-refractivity contribution in [2.24, 2.45) is 0 Å². The third kappa shape index (κ3) is 5.32. The largest absolute Gasteiger partial charge is 0.467 e. The fourth-order valence-corrected chi connectivity index (χ4v) is 5.01. The van der Waals surface area contributed by atoms with Crippen molar-refractivity contribution < 1.29 is 14.3 Å². The van der Waals surface area contributed by atoms with Crippen molar-refractivity contribution in [3.8, 4) is 11.1 Å². The summed E-state index contributed by atoms with van der Waals surface area (Å²) in [4.78, 5) is 26.2. The van der Waals surface area contributed by atoms with Gasteiger partial charge in [0.25, 0.3) is 5.91 Å². The van der Waals surface area contributed by atoms with E-state index in [9.17, 15) is 9.59 Å². The van der Waals surface area contributed by atoms with Crippen molar-refractivity contribution in [2.45, 2.75) is 31.2 Å². The van der Waals surface area contributed by atoms with Gasteiger partial charge in [0.2, 0.25) is 0 Å². The molecule has 6 nitrogen and oxygen atoms in total. The fraction of sp³-hybridized carbons (Fsp3) is 0.259. The van der Waals surface area contributed by atoms with E-state index in [1.165, 1.54) is 7.11 Å². The van der Waals surface area contributed by atoms with Crippen LogP contribution in [0.15, 0.2) is 59.5 Å². The van der Waals surface area contributed by atoms with Crippen molar-refractivity contribution in [1.82, 2.24) is 10.6 Å². The lowest BCUT2D eigenvalue weighted by atomic mass is 9.91. The van der Waals surface area contributed by atoms with Crippen LogP contribution in [-0.4, -0.2) is 37.6 Å². The Morgan fingerprint density at radius 2 is 1.71 bits per heavy atom. The Balaban J connectivity index is 1.49. The van der Waals surface area contributed by atoms with E-state index >= 15 is 0 Å². The molecule has 0 spiro atoms. The Kier molecular flexibility index (Phi) is 7.40. The summed E-state index contributed by atoms with van der Waals surface area (Å²) in [6.07, 6.45) is 0. The van der Waals surface area contributed by atoms with Gasteiger partial charge in [0.05, 0.1) is 7.11 Å². The maximum absolute atomic E-state index is 12.9. The minimum Gasteiger partial charge on any atom is -0.467 e. The third-order valence-electron chi connectivity index (χ3n) is 6.18. The van der Waals surface area contributed by atoms with E-state index in [2.05, 4.69) is 27.5 Å². The summed E-state index contributed by atoms with van der Waals surface area (Å²) >= 11 is 7.77. The van der Waals surface area contributed by atoms with Gasteiger partial charge in [-0.2, -0.15) is 0 Å². The highest BCUT2D eigenvalue weighted by Gasteiger charge is 2.47. The first-order valence-electron chi connectivity index (χ1n) is 11.2. The van der Waals surface area contributed by atoms with Crippen molar-refractivity contribution in [2.75, 3.05) is 24.9 Å². The highest BCUT2D eigenvalue weighted by Crippen LogP contribution is 2.31. The molecule has 1 aliphatic rings. The molecule has 1 aliphatic heterocycles. The molecule has 3 N–H and O–H groups in total. The summed E-state index contributed by atoms with van der Waals surface area (Å²) in [5, 5.41) is 6.65. The molecule has 0 atom stereocenters. The van der Waals surface area contributed by atoms with Crippen LogP contribution in [0, 0.1) is 20.8 Å². The van der Waals surface area contributed by atoms with Crippen LogP contribution in [0.5, 0.6) is 0 Å². The van der Waals surface area contributed by atoms with Crippen molar-refractivity contribution in [1.29, 1.82) is 0 Å². The number of carbonyl (C=O) groups is 2. The first-order valence-corrected chi connectivity index (χ1v) is 12.4. The zero-order chi connectivity index (χ0) is 25.2. The summed E-state index contributed by atoms with van der Waals surface area (Å²) in [6, 6.07) is 17.9. The van der Waals surface area contributed by atoms with Crippen LogP contribution in [0.3, 0.4) is 0 Å². The van der Waals surface area contributed by atoms with Crippen molar-refractivity contribution in [3.05, 3.63) is 81.9 Å². The fourth-order valence-electron chi connectivity index (χ4n) is 3.98. The van der Waals surface area contributed by atoms with Gasteiger partial charge in [-0.25, -0.2) is 4.79 Å². The quantitative estimate of drug-likeness (QED) is 0.296. The molecule has 0 aromatic heterocycles. The molecule has 3 aromatic carbocycles. The standard InChI is InChI=1S/C27H28ClN3O3S/c1-16-10-20(8-9-22(16)25(32)30-27(14-29-15-27)26(33)34-4)19-6-5-7-21(13-19)31-35-24-12-17(2)23(28)11-18(24)3/h5-13,29,31H,14-15H2,1-4H3,(H,30,32). The molecule has 0 bridgehead atoms. The van der Waals surface area contributed by atoms with Crippen LogP contribution in [0.1, 0.15) is 27.0 Å². The summed E-state index contributed by atoms with van der Waals surface area (Å²) in [7, 11) is 1.33. The van der Waals surface area contributed by atoms with Gasteiger partial charge in [0, 0.05) is 34.3 Å². The Hall–Kier alpha value is -3.00. The molecule has 0 saturated carbocycles. The topological polar surface area (TPSA) is 79.5 Å². The average Bonchev–Trinajstić information content (AvgIpc) is 2.82. The predicted molar refractivity (Wildman–Crippen MR) is 142 cm³/mol. The van der Waals surface area contributed by atoms with Gasteiger partial charge in [-0.15, -0.1) is 0 Å². The van der Waals surface area contributed by atoms with E-state index in [4.69, 9.17) is 16.3 Å². The van der Waals surface area contributed by atoms with Crippen LogP contribution in [0.25, 0.3) is 11.1 Å². The Labute approximate surface area is 214 Å². The zero-order valence-electron chi connectivity index (χ0n) is 20.1. The van der Waals surface area contributed by atoms with Crippen LogP contribution < -0.4 is 15.4 Å². The summed E-state index contributed by atoms with van der Waals surface area (Å²) in [5.74, 6) is -0.730. The monoisotopic (exact) mass is 509 g/mol. The first-order chi connectivity index (χ1) is 16.7. The number of esters is 1. The molecule has 0 aliphatic carbocycles. The van der Waals surface area contributed by atoms with Crippen LogP contribution >= 0.6 is 23.5 Å². The van der Waals surface area contributed by atoms with Gasteiger partial charge in [-0.05, 0) is 90.9 Å². The number of carbonyl (C=O) groups excluding carboxylic acids is 2. The molecule has 1 amide bonds. The van der Waals surface area contributed by atoms with Crippen molar-refractivity contribution >= 4 is 41.1 Å². The summed E-state index contributed by atoms with van der Waals surface area (Å²) < 4.78 is 8.29. The number of halogens is 1. The zero-order valence-corrected chi connectivity index (χ0v) is 21.7. The molecule has 3 aromatic rings.